The van der Waals surface area contributed by atoms with Crippen molar-refractivity contribution in [2.24, 2.45) is 0 Å². The van der Waals surface area contributed by atoms with Gasteiger partial charge in [-0.25, -0.2) is 22.9 Å². The van der Waals surface area contributed by atoms with Gasteiger partial charge >= 0.3 is 5.97 Å². The second kappa shape index (κ2) is 5.59. The molecule has 20 heavy (non-hydrogen) atoms. The molecule has 0 spiro atoms. The van der Waals surface area contributed by atoms with Crippen LogP contribution in [0, 0.1) is 0 Å². The van der Waals surface area contributed by atoms with E-state index in [0.717, 1.165) is 0 Å². The quantitative estimate of drug-likeness (QED) is 0.816. The van der Waals surface area contributed by atoms with Gasteiger partial charge in [0.05, 0.1) is 28.7 Å². The van der Waals surface area contributed by atoms with Crippen molar-refractivity contribution < 1.29 is 18.3 Å². The molecule has 7 nitrogen and oxygen atoms in total. The Morgan fingerprint density at radius 1 is 1.45 bits per heavy atom. The summed E-state index contributed by atoms with van der Waals surface area (Å²) in [6.07, 6.45) is 1.51. The first kappa shape index (κ1) is 14.5. The van der Waals surface area contributed by atoms with E-state index in [1.807, 2.05) is 0 Å². The van der Waals surface area contributed by atoms with E-state index >= 15 is 0 Å². The monoisotopic (exact) mass is 297 g/mol. The van der Waals surface area contributed by atoms with Gasteiger partial charge in [-0.15, -0.1) is 0 Å². The molecular weight excluding hydrogens is 282 g/mol. The van der Waals surface area contributed by atoms with E-state index in [-0.39, 0.29) is 17.9 Å². The molecule has 2 aromatic rings. The molecule has 2 N–H and O–H groups in total. The maximum absolute atomic E-state index is 11.6. The van der Waals surface area contributed by atoms with Crippen molar-refractivity contribution >= 4 is 27.0 Å². The van der Waals surface area contributed by atoms with Crippen molar-refractivity contribution in [1.82, 2.24) is 14.3 Å². The lowest BCUT2D eigenvalue weighted by Gasteiger charge is -2.06. The summed E-state index contributed by atoms with van der Waals surface area (Å²) in [6, 6.07) is 4.57. The van der Waals surface area contributed by atoms with Crippen molar-refractivity contribution in [1.29, 1.82) is 0 Å². The number of nitrogens with zero attached hydrogens (tertiary/aromatic N) is 2. The number of hydrogen-bond donors (Lipinski definition) is 2. The first-order valence-corrected chi connectivity index (χ1v) is 7.73. The molecule has 0 radical (unpaired) electrons. The molecule has 1 heterocycles. The van der Waals surface area contributed by atoms with Gasteiger partial charge in [-0.3, -0.25) is 0 Å². The smallest absolute Gasteiger partial charge is 0.335 e. The molecule has 0 aliphatic rings. The minimum Gasteiger partial charge on any atom is -0.478 e. The molecule has 0 saturated heterocycles. The Bertz CT molecular complexity index is 736. The molecular formula is C12H15N3O4S. The molecule has 8 heteroatoms. The number of sulfonamides is 1. The highest BCUT2D eigenvalue weighted by Gasteiger charge is 2.12. The highest BCUT2D eigenvalue weighted by molar-refractivity contribution is 7.89. The Balaban J connectivity index is 2.26. The number of imidazole rings is 1. The number of rotatable bonds is 6. The molecule has 0 bridgehead atoms. The summed E-state index contributed by atoms with van der Waals surface area (Å²) < 4.78 is 27.2. The molecule has 0 amide bonds. The van der Waals surface area contributed by atoms with Gasteiger partial charge < -0.3 is 9.67 Å². The zero-order valence-electron chi connectivity index (χ0n) is 10.9. The number of carbonyl (C=O) groups is 1. The molecule has 1 aromatic heterocycles. The van der Waals surface area contributed by atoms with Crippen LogP contribution in [0.4, 0.5) is 0 Å². The minimum atomic E-state index is -3.32. The zero-order chi connectivity index (χ0) is 14.8. The maximum atomic E-state index is 11.6. The average molecular weight is 297 g/mol. The standard InChI is InChI=1S/C12H15N3O4S/c1-2-14-20(18,19)6-5-15-8-13-10-4-3-9(12(16)17)7-11(10)15/h3-4,7-8,14H,2,5-6H2,1H3,(H,16,17). The van der Waals surface area contributed by atoms with E-state index in [9.17, 15) is 13.2 Å². The highest BCUT2D eigenvalue weighted by Crippen LogP contribution is 2.15. The van der Waals surface area contributed by atoms with Crippen LogP contribution in [0.2, 0.25) is 0 Å². The molecule has 0 unspecified atom stereocenters. The number of carboxylic acid groups (broad SMARTS) is 1. The Hall–Kier alpha value is -1.93. The summed E-state index contributed by atoms with van der Waals surface area (Å²) in [7, 11) is -3.32. The maximum Gasteiger partial charge on any atom is 0.335 e. The predicted octanol–water partition coefficient (Wildman–Crippen LogP) is 0.674. The second-order valence-electron chi connectivity index (χ2n) is 4.26. The lowest BCUT2D eigenvalue weighted by molar-refractivity contribution is 0.0697. The van der Waals surface area contributed by atoms with Crippen molar-refractivity contribution in [2.45, 2.75) is 13.5 Å². The largest absolute Gasteiger partial charge is 0.478 e. The topological polar surface area (TPSA) is 101 Å². The summed E-state index contributed by atoms with van der Waals surface area (Å²) >= 11 is 0. The number of fused-ring (bicyclic) bond motifs is 1. The molecule has 0 fully saturated rings. The SMILES string of the molecule is CCNS(=O)(=O)CCn1cnc2ccc(C(=O)O)cc21. The predicted molar refractivity (Wildman–Crippen MR) is 74.2 cm³/mol. The molecule has 1 aromatic carbocycles. The lowest BCUT2D eigenvalue weighted by Crippen LogP contribution is -2.27. The van der Waals surface area contributed by atoms with Gasteiger partial charge in [-0.05, 0) is 18.2 Å². The van der Waals surface area contributed by atoms with Gasteiger partial charge in [0.15, 0.2) is 0 Å². The first-order valence-electron chi connectivity index (χ1n) is 6.08. The summed E-state index contributed by atoms with van der Waals surface area (Å²) in [6.45, 7) is 2.27. The molecule has 108 valence electrons. The number of carboxylic acids is 1. The number of aromatic nitrogens is 2. The normalized spacial score (nSPS) is 11.8. The van der Waals surface area contributed by atoms with Crippen LogP contribution in [0.5, 0.6) is 0 Å². The number of hydrogen-bond acceptors (Lipinski definition) is 4. The summed E-state index contributed by atoms with van der Waals surface area (Å²) in [5, 5.41) is 8.97. The fourth-order valence-corrected chi connectivity index (χ4v) is 2.90. The summed E-state index contributed by atoms with van der Waals surface area (Å²) in [5.74, 6) is -1.11. The molecule has 0 atom stereocenters. The Kier molecular flexibility index (Phi) is 4.05. The van der Waals surface area contributed by atoms with Crippen molar-refractivity contribution in [3.8, 4) is 0 Å². The number of aromatic carboxylic acids is 1. The van der Waals surface area contributed by atoms with E-state index in [1.54, 1.807) is 17.6 Å². The van der Waals surface area contributed by atoms with Crippen molar-refractivity contribution in [3.63, 3.8) is 0 Å². The van der Waals surface area contributed by atoms with E-state index in [2.05, 4.69) is 9.71 Å². The van der Waals surface area contributed by atoms with Crippen LogP contribution in [0.25, 0.3) is 11.0 Å². The van der Waals surface area contributed by atoms with E-state index in [1.165, 1.54) is 18.5 Å². The highest BCUT2D eigenvalue weighted by atomic mass is 32.2. The molecule has 2 rings (SSSR count). The fraction of sp³-hybridized carbons (Fsp3) is 0.333. The van der Waals surface area contributed by atoms with Gasteiger partial charge in [0.25, 0.3) is 0 Å². The zero-order valence-corrected chi connectivity index (χ0v) is 11.7. The number of benzene rings is 1. The van der Waals surface area contributed by atoms with Crippen LogP contribution in [-0.2, 0) is 16.6 Å². The third-order valence-electron chi connectivity index (χ3n) is 2.83. The Labute approximate surface area is 116 Å². The van der Waals surface area contributed by atoms with Crippen LogP contribution >= 0.6 is 0 Å². The van der Waals surface area contributed by atoms with E-state index in [0.29, 0.717) is 17.6 Å². The van der Waals surface area contributed by atoms with Crippen molar-refractivity contribution in [2.75, 3.05) is 12.3 Å². The Morgan fingerprint density at radius 2 is 2.20 bits per heavy atom. The van der Waals surface area contributed by atoms with Crippen LogP contribution in [-0.4, -0.2) is 41.3 Å². The van der Waals surface area contributed by atoms with Gasteiger partial charge in [-0.2, -0.15) is 0 Å². The first-order chi connectivity index (χ1) is 9.43. The summed E-state index contributed by atoms with van der Waals surface area (Å²) in [5.41, 5.74) is 1.39. The Morgan fingerprint density at radius 3 is 2.85 bits per heavy atom. The lowest BCUT2D eigenvalue weighted by atomic mass is 10.2. The number of nitrogens with one attached hydrogen (secondary N) is 1. The average Bonchev–Trinajstić information content (AvgIpc) is 2.78. The molecule has 0 aliphatic heterocycles. The van der Waals surface area contributed by atoms with Gasteiger partial charge in [0, 0.05) is 13.1 Å². The van der Waals surface area contributed by atoms with Gasteiger partial charge in [0.1, 0.15) is 0 Å². The van der Waals surface area contributed by atoms with Crippen LogP contribution < -0.4 is 4.72 Å². The third-order valence-corrected chi connectivity index (χ3v) is 4.28. The minimum absolute atomic E-state index is 0.0798. The van der Waals surface area contributed by atoms with Crippen LogP contribution in [0.15, 0.2) is 24.5 Å². The fourth-order valence-electron chi connectivity index (χ4n) is 1.88. The van der Waals surface area contributed by atoms with E-state index in [4.69, 9.17) is 5.11 Å². The summed E-state index contributed by atoms with van der Waals surface area (Å²) in [4.78, 5) is 15.1. The van der Waals surface area contributed by atoms with Crippen molar-refractivity contribution in [3.05, 3.63) is 30.1 Å². The molecule has 0 saturated carbocycles. The van der Waals surface area contributed by atoms with Crippen LogP contribution in [0.1, 0.15) is 17.3 Å². The van der Waals surface area contributed by atoms with Crippen LogP contribution in [0.3, 0.4) is 0 Å². The second-order valence-corrected chi connectivity index (χ2v) is 6.19. The third kappa shape index (κ3) is 3.14. The van der Waals surface area contributed by atoms with Gasteiger partial charge in [-0.1, -0.05) is 6.92 Å². The van der Waals surface area contributed by atoms with Gasteiger partial charge in [0.2, 0.25) is 10.0 Å². The number of aryl methyl sites for hydroxylation is 1. The van der Waals surface area contributed by atoms with E-state index < -0.39 is 16.0 Å². The molecule has 0 aliphatic carbocycles.